The maximum atomic E-state index is 13.5. The number of hydrogen-bond donors (Lipinski definition) is 0. The average molecular weight is 223 g/mol. The second-order valence-corrected chi connectivity index (χ2v) is 4.00. The molecular weight excluding hydrogens is 212 g/mol. The van der Waals surface area contributed by atoms with Crippen molar-refractivity contribution < 1.29 is 13.6 Å². The Morgan fingerprint density at radius 3 is 2.50 bits per heavy atom. The van der Waals surface area contributed by atoms with Gasteiger partial charge in [-0.2, -0.15) is 4.99 Å². The molecular formula is C12H11F2NO. The van der Waals surface area contributed by atoms with E-state index in [9.17, 15) is 13.6 Å². The Morgan fingerprint density at radius 2 is 2.00 bits per heavy atom. The van der Waals surface area contributed by atoms with Crippen molar-refractivity contribution in [2.24, 2.45) is 4.99 Å². The van der Waals surface area contributed by atoms with Gasteiger partial charge in [0.25, 0.3) is 5.92 Å². The molecule has 16 heavy (non-hydrogen) atoms. The molecule has 1 aromatic carbocycles. The van der Waals surface area contributed by atoms with Crippen molar-refractivity contribution >= 4 is 11.8 Å². The number of isocyanates is 1. The summed E-state index contributed by atoms with van der Waals surface area (Å²) in [4.78, 5) is 13.4. The summed E-state index contributed by atoms with van der Waals surface area (Å²) in [6.07, 6.45) is 2.46. The van der Waals surface area contributed by atoms with Crippen LogP contribution in [0.2, 0.25) is 0 Å². The molecule has 2 rings (SSSR count). The second kappa shape index (κ2) is 4.14. The second-order valence-electron chi connectivity index (χ2n) is 4.00. The number of carbonyl (C=O) groups excluding carboxylic acids is 1. The van der Waals surface area contributed by atoms with Gasteiger partial charge in [-0.3, -0.25) is 0 Å². The van der Waals surface area contributed by atoms with Gasteiger partial charge in [0.1, 0.15) is 0 Å². The van der Waals surface area contributed by atoms with Gasteiger partial charge in [-0.15, -0.1) is 0 Å². The smallest absolute Gasteiger partial charge is 0.211 e. The molecule has 2 nitrogen and oxygen atoms in total. The third kappa shape index (κ3) is 2.02. The number of hydrogen-bond acceptors (Lipinski definition) is 2. The lowest BCUT2D eigenvalue weighted by Crippen LogP contribution is -2.19. The first-order valence-electron chi connectivity index (χ1n) is 5.19. The first-order valence-corrected chi connectivity index (χ1v) is 5.19. The summed E-state index contributed by atoms with van der Waals surface area (Å²) < 4.78 is 26.9. The quantitative estimate of drug-likeness (QED) is 0.556. The normalized spacial score (nSPS) is 22.8. The minimum Gasteiger partial charge on any atom is -0.211 e. The number of benzene rings is 1. The third-order valence-electron chi connectivity index (χ3n) is 2.98. The zero-order chi connectivity index (χ0) is 11.6. The molecule has 0 saturated heterocycles. The van der Waals surface area contributed by atoms with Crippen molar-refractivity contribution in [3.8, 4) is 0 Å². The summed E-state index contributed by atoms with van der Waals surface area (Å²) in [6, 6.07) is 6.35. The van der Waals surface area contributed by atoms with Gasteiger partial charge in [0.15, 0.2) is 0 Å². The minimum atomic E-state index is -2.60. The van der Waals surface area contributed by atoms with E-state index in [-0.39, 0.29) is 6.42 Å². The summed E-state index contributed by atoms with van der Waals surface area (Å²) in [6.45, 7) is 0. The van der Waals surface area contributed by atoms with Crippen LogP contribution >= 0.6 is 0 Å². The zero-order valence-electron chi connectivity index (χ0n) is 8.62. The Labute approximate surface area is 92.0 Å². The van der Waals surface area contributed by atoms with Crippen molar-refractivity contribution in [1.29, 1.82) is 0 Å². The van der Waals surface area contributed by atoms with Gasteiger partial charge in [0, 0.05) is 12.3 Å². The molecule has 1 aliphatic rings. The van der Waals surface area contributed by atoms with Gasteiger partial charge in [-0.1, -0.05) is 12.1 Å². The summed E-state index contributed by atoms with van der Waals surface area (Å²) in [7, 11) is 0. The van der Waals surface area contributed by atoms with E-state index in [2.05, 4.69) is 4.99 Å². The molecule has 1 saturated carbocycles. The standard InChI is InChI=1S/C12H11F2NO/c13-12(14)7-1-2-11(12)9-3-5-10(6-4-9)15-8-16/h3-6,11H,1-2,7H2. The van der Waals surface area contributed by atoms with Crippen LogP contribution in [0.5, 0.6) is 0 Å². The Bertz CT molecular complexity index is 421. The van der Waals surface area contributed by atoms with E-state index >= 15 is 0 Å². The highest BCUT2D eigenvalue weighted by molar-refractivity contribution is 5.49. The number of halogens is 2. The highest BCUT2D eigenvalue weighted by Crippen LogP contribution is 2.46. The number of nitrogens with zero attached hydrogens (tertiary/aromatic N) is 1. The maximum Gasteiger partial charge on any atom is 0.254 e. The molecule has 84 valence electrons. The highest BCUT2D eigenvalue weighted by atomic mass is 19.3. The minimum absolute atomic E-state index is 0.0358. The molecule has 1 aliphatic carbocycles. The number of aliphatic imine (C=N–C) groups is 1. The van der Waals surface area contributed by atoms with Crippen molar-refractivity contribution in [3.63, 3.8) is 0 Å². The molecule has 1 unspecified atom stereocenters. The van der Waals surface area contributed by atoms with Gasteiger partial charge in [0.2, 0.25) is 6.08 Å². The zero-order valence-corrected chi connectivity index (χ0v) is 8.62. The Morgan fingerprint density at radius 1 is 1.31 bits per heavy atom. The van der Waals surface area contributed by atoms with E-state index in [4.69, 9.17) is 0 Å². The van der Waals surface area contributed by atoms with Gasteiger partial charge < -0.3 is 0 Å². The molecule has 0 aliphatic heterocycles. The van der Waals surface area contributed by atoms with Gasteiger partial charge in [-0.25, -0.2) is 13.6 Å². The largest absolute Gasteiger partial charge is 0.254 e. The Balaban J connectivity index is 2.25. The molecule has 0 aromatic heterocycles. The van der Waals surface area contributed by atoms with E-state index in [1.54, 1.807) is 24.3 Å². The maximum absolute atomic E-state index is 13.5. The van der Waals surface area contributed by atoms with Gasteiger partial charge in [-0.05, 0) is 30.5 Å². The van der Waals surface area contributed by atoms with E-state index in [1.165, 1.54) is 6.08 Å². The van der Waals surface area contributed by atoms with Crippen LogP contribution in [0, 0.1) is 0 Å². The number of rotatable bonds is 2. The summed E-state index contributed by atoms with van der Waals surface area (Å²) in [5.74, 6) is -3.29. The monoisotopic (exact) mass is 223 g/mol. The van der Waals surface area contributed by atoms with E-state index in [0.717, 1.165) is 0 Å². The number of alkyl halides is 2. The van der Waals surface area contributed by atoms with Crippen LogP contribution in [0.1, 0.15) is 30.7 Å². The Hall–Kier alpha value is -1.54. The molecule has 0 spiro atoms. The molecule has 0 N–H and O–H groups in total. The molecule has 1 atom stereocenters. The van der Waals surface area contributed by atoms with Crippen LogP contribution in [0.15, 0.2) is 29.3 Å². The summed E-state index contributed by atoms with van der Waals surface area (Å²) >= 11 is 0. The van der Waals surface area contributed by atoms with Crippen LogP contribution in [-0.4, -0.2) is 12.0 Å². The fourth-order valence-corrected chi connectivity index (χ4v) is 2.17. The molecule has 0 amide bonds. The predicted molar refractivity (Wildman–Crippen MR) is 55.8 cm³/mol. The molecule has 1 aromatic rings. The average Bonchev–Trinajstić information content (AvgIpc) is 2.60. The fraction of sp³-hybridized carbons (Fsp3) is 0.417. The van der Waals surface area contributed by atoms with Crippen molar-refractivity contribution in [2.75, 3.05) is 0 Å². The lowest BCUT2D eigenvalue weighted by molar-refractivity contribution is -0.00895. The topological polar surface area (TPSA) is 29.4 Å². The van der Waals surface area contributed by atoms with Crippen LogP contribution in [-0.2, 0) is 4.79 Å². The lowest BCUT2D eigenvalue weighted by atomic mass is 9.95. The molecule has 0 bridgehead atoms. The van der Waals surface area contributed by atoms with Crippen LogP contribution in [0.4, 0.5) is 14.5 Å². The third-order valence-corrected chi connectivity index (χ3v) is 2.98. The molecule has 1 fully saturated rings. The summed E-state index contributed by atoms with van der Waals surface area (Å²) in [5.41, 5.74) is 1.06. The Kier molecular flexibility index (Phi) is 2.84. The fourth-order valence-electron chi connectivity index (χ4n) is 2.17. The molecule has 0 radical (unpaired) electrons. The van der Waals surface area contributed by atoms with Crippen molar-refractivity contribution in [1.82, 2.24) is 0 Å². The predicted octanol–water partition coefficient (Wildman–Crippen LogP) is 3.56. The molecule has 0 heterocycles. The van der Waals surface area contributed by atoms with Crippen LogP contribution < -0.4 is 0 Å². The van der Waals surface area contributed by atoms with E-state index in [0.29, 0.717) is 24.1 Å². The lowest BCUT2D eigenvalue weighted by Gasteiger charge is -2.19. The highest BCUT2D eigenvalue weighted by Gasteiger charge is 2.44. The summed E-state index contributed by atoms with van der Waals surface area (Å²) in [5, 5.41) is 0. The first kappa shape index (κ1) is 11.0. The van der Waals surface area contributed by atoms with Crippen LogP contribution in [0.25, 0.3) is 0 Å². The van der Waals surface area contributed by atoms with Gasteiger partial charge in [0.05, 0.1) is 5.69 Å². The van der Waals surface area contributed by atoms with Crippen LogP contribution in [0.3, 0.4) is 0 Å². The molecule has 4 heteroatoms. The van der Waals surface area contributed by atoms with E-state index < -0.39 is 11.8 Å². The van der Waals surface area contributed by atoms with Crippen molar-refractivity contribution in [2.45, 2.75) is 31.1 Å². The first-order chi connectivity index (χ1) is 7.63. The van der Waals surface area contributed by atoms with E-state index in [1.807, 2.05) is 0 Å². The SMILES string of the molecule is O=C=Nc1ccc(C2CCCC2(F)F)cc1. The van der Waals surface area contributed by atoms with Crippen molar-refractivity contribution in [3.05, 3.63) is 29.8 Å². The van der Waals surface area contributed by atoms with Gasteiger partial charge >= 0.3 is 0 Å².